The Kier molecular flexibility index (Phi) is 5.16. The molecule has 0 fully saturated rings. The molecule has 6 nitrogen and oxygen atoms in total. The lowest BCUT2D eigenvalue weighted by Crippen LogP contribution is -2.25. The zero-order valence-electron chi connectivity index (χ0n) is 16.8. The Bertz CT molecular complexity index is 1030. The van der Waals surface area contributed by atoms with E-state index in [0.29, 0.717) is 24.2 Å². The van der Waals surface area contributed by atoms with Gasteiger partial charge in [-0.05, 0) is 63.1 Å². The molecule has 0 amide bonds. The summed E-state index contributed by atoms with van der Waals surface area (Å²) < 4.78 is 5.02. The number of fused-ring (bicyclic) bond motifs is 1. The van der Waals surface area contributed by atoms with Crippen molar-refractivity contribution in [2.45, 2.75) is 33.2 Å². The first-order chi connectivity index (χ1) is 14.0. The van der Waals surface area contributed by atoms with Crippen LogP contribution >= 0.6 is 0 Å². The highest BCUT2D eigenvalue weighted by Gasteiger charge is 2.28. The number of para-hydroxylation sites is 1. The van der Waals surface area contributed by atoms with Crippen molar-refractivity contribution in [1.29, 1.82) is 0 Å². The van der Waals surface area contributed by atoms with Crippen LogP contribution in [0.2, 0.25) is 0 Å². The molecule has 148 valence electrons. The van der Waals surface area contributed by atoms with Gasteiger partial charge in [0.1, 0.15) is 5.82 Å². The van der Waals surface area contributed by atoms with Gasteiger partial charge in [0.15, 0.2) is 0 Å². The van der Waals surface area contributed by atoms with Crippen molar-refractivity contribution >= 4 is 29.1 Å². The minimum Gasteiger partial charge on any atom is -0.462 e. The number of esters is 1. The van der Waals surface area contributed by atoms with Crippen LogP contribution in [-0.2, 0) is 11.2 Å². The van der Waals surface area contributed by atoms with Crippen LogP contribution < -0.4 is 10.2 Å². The summed E-state index contributed by atoms with van der Waals surface area (Å²) in [7, 11) is 0. The van der Waals surface area contributed by atoms with Crippen molar-refractivity contribution < 1.29 is 9.53 Å². The molecule has 1 unspecified atom stereocenters. The van der Waals surface area contributed by atoms with E-state index >= 15 is 0 Å². The second kappa shape index (κ2) is 7.91. The normalized spacial score (nSPS) is 15.1. The molecular formula is C23H24N4O2. The molecule has 0 radical (unpaired) electrons. The molecule has 1 aliphatic rings. The minimum absolute atomic E-state index is 0.324. The smallest absolute Gasteiger partial charge is 0.338 e. The number of aromatic nitrogens is 2. The van der Waals surface area contributed by atoms with Gasteiger partial charge in [-0.15, -0.1) is 0 Å². The average Bonchev–Trinajstić information content (AvgIpc) is 3.04. The summed E-state index contributed by atoms with van der Waals surface area (Å²) in [5.74, 6) is 1.08. The van der Waals surface area contributed by atoms with E-state index in [-0.39, 0.29) is 5.97 Å². The predicted octanol–water partition coefficient (Wildman–Crippen LogP) is 4.79. The van der Waals surface area contributed by atoms with Gasteiger partial charge in [-0.2, -0.15) is 4.98 Å². The lowest BCUT2D eigenvalue weighted by atomic mass is 10.1. The maximum atomic E-state index is 11.8. The number of anilines is 4. The molecule has 2 heterocycles. The number of nitrogens with zero attached hydrogens (tertiary/aromatic N) is 3. The van der Waals surface area contributed by atoms with Crippen molar-refractivity contribution in [3.05, 3.63) is 71.4 Å². The van der Waals surface area contributed by atoms with Gasteiger partial charge >= 0.3 is 5.97 Å². The van der Waals surface area contributed by atoms with Crippen molar-refractivity contribution in [2.24, 2.45) is 0 Å². The average molecular weight is 388 g/mol. The van der Waals surface area contributed by atoms with Gasteiger partial charge in [-0.3, -0.25) is 0 Å². The van der Waals surface area contributed by atoms with Crippen LogP contribution in [0.3, 0.4) is 0 Å². The number of carbonyl (C=O) groups excluding carboxylic acids is 1. The fourth-order valence-electron chi connectivity index (χ4n) is 3.68. The van der Waals surface area contributed by atoms with Crippen LogP contribution in [0.15, 0.2) is 54.6 Å². The number of nitrogens with one attached hydrogen (secondary N) is 1. The van der Waals surface area contributed by atoms with Crippen LogP contribution in [0.4, 0.5) is 23.1 Å². The molecule has 3 aromatic rings. The Hall–Kier alpha value is -3.41. The van der Waals surface area contributed by atoms with E-state index in [1.54, 1.807) is 19.1 Å². The van der Waals surface area contributed by atoms with Gasteiger partial charge in [0, 0.05) is 29.2 Å². The highest BCUT2D eigenvalue weighted by Crippen LogP contribution is 2.37. The highest BCUT2D eigenvalue weighted by molar-refractivity contribution is 5.89. The lowest BCUT2D eigenvalue weighted by molar-refractivity contribution is 0.0526. The standard InChI is InChI=1S/C23H24N4O2/c1-4-29-22(28)17-9-11-19(12-10-17)25-23-24-15(2)13-21(26-23)27-16(3)14-18-7-5-6-8-20(18)27/h5-13,16H,4,14H2,1-3H3,(H,24,25,26). The quantitative estimate of drug-likeness (QED) is 0.634. The largest absolute Gasteiger partial charge is 0.462 e. The Balaban J connectivity index is 1.59. The molecule has 1 N–H and O–H groups in total. The molecule has 0 bridgehead atoms. The first-order valence-electron chi connectivity index (χ1n) is 9.82. The van der Waals surface area contributed by atoms with E-state index in [1.165, 1.54) is 11.3 Å². The number of rotatable bonds is 5. The number of hydrogen-bond donors (Lipinski definition) is 1. The molecule has 2 aromatic carbocycles. The van der Waals surface area contributed by atoms with E-state index < -0.39 is 0 Å². The summed E-state index contributed by atoms with van der Waals surface area (Å²) in [6.45, 7) is 6.32. The first kappa shape index (κ1) is 18.9. The lowest BCUT2D eigenvalue weighted by Gasteiger charge is -2.24. The molecule has 0 aliphatic carbocycles. The van der Waals surface area contributed by atoms with Crippen LogP contribution in [0.5, 0.6) is 0 Å². The molecule has 29 heavy (non-hydrogen) atoms. The third-order valence-electron chi connectivity index (χ3n) is 4.95. The van der Waals surface area contributed by atoms with E-state index in [9.17, 15) is 4.79 Å². The monoisotopic (exact) mass is 388 g/mol. The van der Waals surface area contributed by atoms with Gasteiger partial charge in [0.2, 0.25) is 5.95 Å². The molecular weight excluding hydrogens is 364 g/mol. The maximum Gasteiger partial charge on any atom is 0.338 e. The Morgan fingerprint density at radius 2 is 1.93 bits per heavy atom. The third kappa shape index (κ3) is 3.92. The molecule has 4 rings (SSSR count). The summed E-state index contributed by atoms with van der Waals surface area (Å²) in [5.41, 5.74) is 4.75. The van der Waals surface area contributed by atoms with E-state index in [0.717, 1.165) is 23.6 Å². The molecule has 0 saturated carbocycles. The van der Waals surface area contributed by atoms with Gasteiger partial charge < -0.3 is 15.0 Å². The van der Waals surface area contributed by atoms with Gasteiger partial charge in [0.25, 0.3) is 0 Å². The fourth-order valence-corrected chi connectivity index (χ4v) is 3.68. The van der Waals surface area contributed by atoms with Gasteiger partial charge in [-0.1, -0.05) is 18.2 Å². The number of benzene rings is 2. The number of ether oxygens (including phenoxy) is 1. The Morgan fingerprint density at radius 3 is 2.69 bits per heavy atom. The van der Waals surface area contributed by atoms with Crippen molar-refractivity contribution in [3.63, 3.8) is 0 Å². The number of aryl methyl sites for hydroxylation is 1. The zero-order chi connectivity index (χ0) is 20.4. The molecule has 1 atom stereocenters. The van der Waals surface area contributed by atoms with E-state index in [2.05, 4.69) is 46.4 Å². The minimum atomic E-state index is -0.324. The number of carbonyl (C=O) groups is 1. The van der Waals surface area contributed by atoms with E-state index in [1.807, 2.05) is 25.1 Å². The SMILES string of the molecule is CCOC(=O)c1ccc(Nc2nc(C)cc(N3c4ccccc4CC3C)n2)cc1. The second-order valence-corrected chi connectivity index (χ2v) is 7.17. The van der Waals surface area contributed by atoms with Crippen molar-refractivity contribution in [1.82, 2.24) is 9.97 Å². The topological polar surface area (TPSA) is 67.3 Å². The molecule has 0 saturated heterocycles. The Morgan fingerprint density at radius 1 is 1.17 bits per heavy atom. The summed E-state index contributed by atoms with van der Waals surface area (Å²) >= 11 is 0. The molecule has 1 aliphatic heterocycles. The second-order valence-electron chi connectivity index (χ2n) is 7.17. The zero-order valence-corrected chi connectivity index (χ0v) is 16.8. The first-order valence-corrected chi connectivity index (χ1v) is 9.82. The van der Waals surface area contributed by atoms with Crippen molar-refractivity contribution in [3.8, 4) is 0 Å². The maximum absolute atomic E-state index is 11.8. The predicted molar refractivity (Wildman–Crippen MR) is 114 cm³/mol. The molecule has 0 spiro atoms. The summed E-state index contributed by atoms with van der Waals surface area (Å²) in [4.78, 5) is 23.4. The molecule has 6 heteroatoms. The highest BCUT2D eigenvalue weighted by atomic mass is 16.5. The summed E-state index contributed by atoms with van der Waals surface area (Å²) in [5, 5.41) is 3.24. The van der Waals surface area contributed by atoms with E-state index in [4.69, 9.17) is 9.72 Å². The van der Waals surface area contributed by atoms with Crippen LogP contribution in [0, 0.1) is 6.92 Å². The summed E-state index contributed by atoms with van der Waals surface area (Å²) in [6, 6.07) is 17.9. The van der Waals surface area contributed by atoms with Crippen LogP contribution in [0.1, 0.15) is 35.5 Å². The number of hydrogen-bond acceptors (Lipinski definition) is 6. The summed E-state index contributed by atoms with van der Waals surface area (Å²) in [6.07, 6.45) is 0.997. The van der Waals surface area contributed by atoms with Gasteiger partial charge in [-0.25, -0.2) is 9.78 Å². The Labute approximate surface area is 170 Å². The van der Waals surface area contributed by atoms with Gasteiger partial charge in [0.05, 0.1) is 12.2 Å². The third-order valence-corrected chi connectivity index (χ3v) is 4.95. The van der Waals surface area contributed by atoms with Crippen molar-refractivity contribution in [2.75, 3.05) is 16.8 Å². The fraction of sp³-hybridized carbons (Fsp3) is 0.261. The molecule has 1 aromatic heterocycles. The van der Waals surface area contributed by atoms with Crippen LogP contribution in [0.25, 0.3) is 0 Å². The van der Waals surface area contributed by atoms with Crippen LogP contribution in [-0.4, -0.2) is 28.6 Å².